The average molecular weight is 196 g/mol. The van der Waals surface area contributed by atoms with Gasteiger partial charge >= 0.3 is 0 Å². The van der Waals surface area contributed by atoms with Crippen LogP contribution in [0.4, 0.5) is 5.82 Å². The third-order valence-electron chi connectivity index (χ3n) is 2.35. The van der Waals surface area contributed by atoms with E-state index >= 15 is 0 Å². The fourth-order valence-electron chi connectivity index (χ4n) is 1.53. The predicted octanol–water partition coefficient (Wildman–Crippen LogP) is 3.16. The Morgan fingerprint density at radius 1 is 1.21 bits per heavy atom. The van der Waals surface area contributed by atoms with Gasteiger partial charge in [-0.05, 0) is 6.42 Å². The Morgan fingerprint density at radius 2 is 1.93 bits per heavy atom. The number of nitrogens with two attached hydrogens (primary N) is 1. The van der Waals surface area contributed by atoms with Gasteiger partial charge in [0, 0.05) is 12.5 Å². The lowest BCUT2D eigenvalue weighted by atomic mass is 10.1. The summed E-state index contributed by atoms with van der Waals surface area (Å²) in [5.41, 5.74) is 5.44. The fourth-order valence-corrected chi connectivity index (χ4v) is 1.53. The van der Waals surface area contributed by atoms with Crippen LogP contribution in [0.5, 0.6) is 0 Å². The molecule has 0 unspecified atom stereocenters. The molecule has 0 amide bonds. The van der Waals surface area contributed by atoms with Gasteiger partial charge in [-0.1, -0.05) is 44.2 Å². The molecule has 0 spiro atoms. The van der Waals surface area contributed by atoms with Gasteiger partial charge in [0.05, 0.1) is 0 Å². The van der Waals surface area contributed by atoms with Crippen LogP contribution in [0.15, 0.2) is 10.6 Å². The first-order valence-corrected chi connectivity index (χ1v) is 5.54. The molecule has 0 aromatic carbocycles. The van der Waals surface area contributed by atoms with Crippen LogP contribution in [0.2, 0.25) is 0 Å². The second-order valence-corrected chi connectivity index (χ2v) is 3.74. The van der Waals surface area contributed by atoms with E-state index in [0.717, 1.165) is 12.2 Å². The normalized spacial score (nSPS) is 10.6. The SMILES string of the molecule is CCCCCCCCc1cc(N)no1. The van der Waals surface area contributed by atoms with E-state index in [-0.39, 0.29) is 0 Å². The van der Waals surface area contributed by atoms with Gasteiger partial charge in [0.25, 0.3) is 0 Å². The van der Waals surface area contributed by atoms with Crippen molar-refractivity contribution in [1.82, 2.24) is 5.16 Å². The van der Waals surface area contributed by atoms with Crippen molar-refractivity contribution < 1.29 is 4.52 Å². The van der Waals surface area contributed by atoms with E-state index in [1.807, 2.05) is 6.07 Å². The highest BCUT2D eigenvalue weighted by atomic mass is 16.5. The highest BCUT2D eigenvalue weighted by Gasteiger charge is 1.99. The quantitative estimate of drug-likeness (QED) is 0.681. The Bertz CT molecular complexity index is 245. The van der Waals surface area contributed by atoms with Gasteiger partial charge in [0.2, 0.25) is 0 Å². The van der Waals surface area contributed by atoms with Gasteiger partial charge in [-0.25, -0.2) is 0 Å². The smallest absolute Gasteiger partial charge is 0.167 e. The van der Waals surface area contributed by atoms with Gasteiger partial charge in [-0.3, -0.25) is 0 Å². The zero-order valence-electron chi connectivity index (χ0n) is 8.96. The van der Waals surface area contributed by atoms with E-state index in [1.54, 1.807) is 0 Å². The molecule has 0 radical (unpaired) electrons. The second kappa shape index (κ2) is 6.46. The first kappa shape index (κ1) is 11.1. The molecule has 0 saturated heterocycles. The maximum Gasteiger partial charge on any atom is 0.167 e. The summed E-state index contributed by atoms with van der Waals surface area (Å²) in [5.74, 6) is 1.41. The van der Waals surface area contributed by atoms with Gasteiger partial charge in [-0.15, -0.1) is 0 Å². The summed E-state index contributed by atoms with van der Waals surface area (Å²) >= 11 is 0. The van der Waals surface area contributed by atoms with Crippen LogP contribution in [-0.4, -0.2) is 5.16 Å². The lowest BCUT2D eigenvalue weighted by Gasteiger charge is -1.97. The molecule has 3 heteroatoms. The highest BCUT2D eigenvalue weighted by Crippen LogP contribution is 2.11. The van der Waals surface area contributed by atoms with E-state index in [2.05, 4.69) is 12.1 Å². The second-order valence-electron chi connectivity index (χ2n) is 3.74. The number of aromatic nitrogens is 1. The Balaban J connectivity index is 1.99. The molecule has 0 fully saturated rings. The fraction of sp³-hybridized carbons (Fsp3) is 0.727. The maximum atomic E-state index is 5.44. The van der Waals surface area contributed by atoms with E-state index in [1.165, 1.54) is 38.5 Å². The molecular weight excluding hydrogens is 176 g/mol. The highest BCUT2D eigenvalue weighted by molar-refractivity contribution is 5.26. The van der Waals surface area contributed by atoms with Crippen LogP contribution in [-0.2, 0) is 6.42 Å². The number of nitrogen functional groups attached to an aromatic ring is 1. The van der Waals surface area contributed by atoms with Crippen molar-refractivity contribution in [2.45, 2.75) is 51.9 Å². The summed E-state index contributed by atoms with van der Waals surface area (Å²) in [4.78, 5) is 0. The van der Waals surface area contributed by atoms with Crippen LogP contribution >= 0.6 is 0 Å². The Morgan fingerprint density at radius 3 is 2.57 bits per heavy atom. The van der Waals surface area contributed by atoms with Crippen molar-refractivity contribution in [3.63, 3.8) is 0 Å². The monoisotopic (exact) mass is 196 g/mol. The lowest BCUT2D eigenvalue weighted by molar-refractivity contribution is 0.381. The van der Waals surface area contributed by atoms with Gasteiger partial charge in [0.1, 0.15) is 5.76 Å². The Labute approximate surface area is 85.7 Å². The topological polar surface area (TPSA) is 52.0 Å². The first-order chi connectivity index (χ1) is 6.83. The predicted molar refractivity (Wildman–Crippen MR) is 58.0 cm³/mol. The minimum atomic E-state index is 0.492. The molecule has 1 aromatic heterocycles. The lowest BCUT2D eigenvalue weighted by Crippen LogP contribution is -1.84. The van der Waals surface area contributed by atoms with Crippen LogP contribution in [0.25, 0.3) is 0 Å². The van der Waals surface area contributed by atoms with E-state index in [0.29, 0.717) is 5.82 Å². The molecule has 3 nitrogen and oxygen atoms in total. The number of nitrogens with zero attached hydrogens (tertiary/aromatic N) is 1. The van der Waals surface area contributed by atoms with E-state index in [4.69, 9.17) is 10.3 Å². The number of anilines is 1. The van der Waals surface area contributed by atoms with E-state index < -0.39 is 0 Å². The van der Waals surface area contributed by atoms with Crippen LogP contribution in [0.1, 0.15) is 51.2 Å². The zero-order chi connectivity index (χ0) is 10.2. The van der Waals surface area contributed by atoms with E-state index in [9.17, 15) is 0 Å². The number of hydrogen-bond acceptors (Lipinski definition) is 3. The van der Waals surface area contributed by atoms with Crippen LogP contribution < -0.4 is 5.73 Å². The summed E-state index contributed by atoms with van der Waals surface area (Å²) in [6.07, 6.45) is 8.77. The number of hydrogen-bond donors (Lipinski definition) is 1. The van der Waals surface area contributed by atoms with Crippen LogP contribution in [0.3, 0.4) is 0 Å². The Kier molecular flexibility index (Phi) is 5.12. The van der Waals surface area contributed by atoms with Crippen LogP contribution in [0, 0.1) is 0 Å². The maximum absolute atomic E-state index is 5.44. The molecular formula is C11H20N2O. The van der Waals surface area contributed by atoms with Crippen molar-refractivity contribution in [2.75, 3.05) is 5.73 Å². The molecule has 0 atom stereocenters. The van der Waals surface area contributed by atoms with Crippen molar-refractivity contribution >= 4 is 5.82 Å². The summed E-state index contributed by atoms with van der Waals surface area (Å²) in [7, 11) is 0. The summed E-state index contributed by atoms with van der Waals surface area (Å²) < 4.78 is 5.02. The molecule has 0 bridgehead atoms. The molecule has 1 aromatic rings. The first-order valence-electron chi connectivity index (χ1n) is 5.54. The summed E-state index contributed by atoms with van der Waals surface area (Å²) in [5, 5.41) is 3.65. The van der Waals surface area contributed by atoms with Crippen molar-refractivity contribution in [3.05, 3.63) is 11.8 Å². The molecule has 0 aliphatic rings. The molecule has 0 aliphatic carbocycles. The summed E-state index contributed by atoms with van der Waals surface area (Å²) in [6.45, 7) is 2.23. The third kappa shape index (κ3) is 4.30. The number of aryl methyl sites for hydroxylation is 1. The largest absolute Gasteiger partial charge is 0.381 e. The molecule has 0 saturated carbocycles. The average Bonchev–Trinajstić information content (AvgIpc) is 2.58. The molecule has 1 heterocycles. The number of unbranched alkanes of at least 4 members (excludes halogenated alkanes) is 5. The standard InChI is InChI=1S/C11H20N2O/c1-2-3-4-5-6-7-8-10-9-11(12)13-14-10/h9H,2-8H2,1H3,(H2,12,13). The van der Waals surface area contributed by atoms with Crippen molar-refractivity contribution in [2.24, 2.45) is 0 Å². The summed E-state index contributed by atoms with van der Waals surface area (Å²) in [6, 6.07) is 1.81. The van der Waals surface area contributed by atoms with Crippen molar-refractivity contribution in [1.29, 1.82) is 0 Å². The molecule has 14 heavy (non-hydrogen) atoms. The van der Waals surface area contributed by atoms with Gasteiger partial charge in [0.15, 0.2) is 5.82 Å². The molecule has 0 aliphatic heterocycles. The third-order valence-corrected chi connectivity index (χ3v) is 2.35. The van der Waals surface area contributed by atoms with Gasteiger partial charge in [-0.2, -0.15) is 0 Å². The minimum Gasteiger partial charge on any atom is -0.381 e. The van der Waals surface area contributed by atoms with Gasteiger partial charge < -0.3 is 10.3 Å². The molecule has 2 N–H and O–H groups in total. The molecule has 1 rings (SSSR count). The van der Waals surface area contributed by atoms with Crippen molar-refractivity contribution in [3.8, 4) is 0 Å². The minimum absolute atomic E-state index is 0.492. The Hall–Kier alpha value is -0.990. The molecule has 80 valence electrons. The number of rotatable bonds is 7. The zero-order valence-corrected chi connectivity index (χ0v) is 8.96.